The van der Waals surface area contributed by atoms with Crippen molar-refractivity contribution in [3.05, 3.63) is 88.4 Å². The first kappa shape index (κ1) is 19.4. The number of ether oxygens (including phenoxy) is 1. The Balaban J connectivity index is 1.82. The van der Waals surface area contributed by atoms with Gasteiger partial charge in [0.2, 0.25) is 0 Å². The Bertz CT molecular complexity index is 1210. The van der Waals surface area contributed by atoms with Crippen molar-refractivity contribution in [1.29, 1.82) is 0 Å². The molecular formula is C23H22N4O3. The Hall–Kier alpha value is -3.87. The molecule has 30 heavy (non-hydrogen) atoms. The Morgan fingerprint density at radius 1 is 1.13 bits per heavy atom. The van der Waals surface area contributed by atoms with Crippen LogP contribution in [-0.2, 0) is 6.54 Å². The van der Waals surface area contributed by atoms with Crippen molar-refractivity contribution in [1.82, 2.24) is 14.7 Å². The normalized spacial score (nSPS) is 10.8. The Kier molecular flexibility index (Phi) is 5.34. The van der Waals surface area contributed by atoms with Gasteiger partial charge in [-0.2, -0.15) is 0 Å². The maximum Gasteiger partial charge on any atom is 0.274 e. The fraction of sp³-hybridized carbons (Fsp3) is 0.174. The zero-order valence-electron chi connectivity index (χ0n) is 17.0. The van der Waals surface area contributed by atoms with E-state index in [1.807, 2.05) is 56.4 Å². The number of rotatable bonds is 6. The molecule has 7 heteroatoms. The molecule has 4 rings (SSSR count). The van der Waals surface area contributed by atoms with Gasteiger partial charge in [-0.15, -0.1) is 0 Å². The van der Waals surface area contributed by atoms with Crippen LogP contribution in [0.25, 0.3) is 11.1 Å². The van der Waals surface area contributed by atoms with E-state index < -0.39 is 0 Å². The average molecular weight is 402 g/mol. The third-order valence-electron chi connectivity index (χ3n) is 4.83. The molecule has 3 aromatic heterocycles. The van der Waals surface area contributed by atoms with Gasteiger partial charge in [0.25, 0.3) is 5.56 Å². The minimum absolute atomic E-state index is 0.141. The molecule has 0 aliphatic rings. The molecule has 0 atom stereocenters. The predicted molar refractivity (Wildman–Crippen MR) is 115 cm³/mol. The number of aromatic nitrogens is 3. The number of methoxy groups -OCH3 is 1. The molecule has 3 heterocycles. The highest BCUT2D eigenvalue weighted by Gasteiger charge is 2.16. The molecule has 7 nitrogen and oxygen atoms in total. The van der Waals surface area contributed by atoms with Crippen LogP contribution in [0, 0.1) is 13.8 Å². The van der Waals surface area contributed by atoms with Crippen LogP contribution in [0.5, 0.6) is 5.75 Å². The van der Waals surface area contributed by atoms with E-state index in [1.54, 1.807) is 30.1 Å². The second-order valence-corrected chi connectivity index (χ2v) is 7.00. The van der Waals surface area contributed by atoms with E-state index in [1.165, 1.54) is 0 Å². The molecule has 0 bridgehead atoms. The molecule has 0 fully saturated rings. The van der Waals surface area contributed by atoms with Gasteiger partial charge in [-0.1, -0.05) is 35.5 Å². The van der Waals surface area contributed by atoms with Gasteiger partial charge in [0.05, 0.1) is 37.4 Å². The molecule has 0 unspecified atom stereocenters. The van der Waals surface area contributed by atoms with E-state index in [4.69, 9.17) is 9.26 Å². The number of hydrogen-bond donors (Lipinski definition) is 1. The van der Waals surface area contributed by atoms with Gasteiger partial charge in [-0.3, -0.25) is 9.78 Å². The van der Waals surface area contributed by atoms with E-state index in [9.17, 15) is 4.79 Å². The summed E-state index contributed by atoms with van der Waals surface area (Å²) < 4.78 is 12.3. The SMILES string of the molecule is COc1cncc(Nc2cc(-c3c(C)noc3C)cn(Cc3ccccc3)c2=O)c1. The van der Waals surface area contributed by atoms with Gasteiger partial charge < -0.3 is 19.1 Å². The van der Waals surface area contributed by atoms with Crippen molar-refractivity contribution in [3.63, 3.8) is 0 Å². The molecule has 1 N–H and O–H groups in total. The Morgan fingerprint density at radius 2 is 1.93 bits per heavy atom. The largest absolute Gasteiger partial charge is 0.495 e. The molecule has 1 aromatic carbocycles. The lowest BCUT2D eigenvalue weighted by molar-refractivity contribution is 0.393. The monoisotopic (exact) mass is 402 g/mol. The number of anilines is 2. The molecule has 152 valence electrons. The first-order valence-electron chi connectivity index (χ1n) is 9.53. The summed E-state index contributed by atoms with van der Waals surface area (Å²) in [7, 11) is 1.58. The maximum atomic E-state index is 13.2. The molecule has 0 saturated carbocycles. The molecule has 0 spiro atoms. The fourth-order valence-electron chi connectivity index (χ4n) is 3.41. The number of hydrogen-bond acceptors (Lipinski definition) is 6. The number of nitrogens with zero attached hydrogens (tertiary/aromatic N) is 3. The van der Waals surface area contributed by atoms with Gasteiger partial charge in [-0.05, 0) is 25.5 Å². The minimum atomic E-state index is -0.141. The van der Waals surface area contributed by atoms with Gasteiger partial charge in [0.1, 0.15) is 17.2 Å². The van der Waals surface area contributed by atoms with Crippen LogP contribution in [0.15, 0.2) is 70.4 Å². The van der Waals surface area contributed by atoms with E-state index in [-0.39, 0.29) is 5.56 Å². The lowest BCUT2D eigenvalue weighted by atomic mass is 10.1. The highest BCUT2D eigenvalue weighted by molar-refractivity contribution is 5.72. The highest BCUT2D eigenvalue weighted by atomic mass is 16.5. The van der Waals surface area contributed by atoms with Gasteiger partial charge in [0.15, 0.2) is 0 Å². The number of pyridine rings is 2. The van der Waals surface area contributed by atoms with Gasteiger partial charge in [-0.25, -0.2) is 0 Å². The van der Waals surface area contributed by atoms with Crippen molar-refractivity contribution in [2.75, 3.05) is 12.4 Å². The zero-order chi connectivity index (χ0) is 21.1. The standard InChI is InChI=1S/C23H22N4O3/c1-15-22(16(2)30-26-15)18-9-21(25-19-10-20(29-3)12-24-11-19)23(28)27(14-18)13-17-7-5-4-6-8-17/h4-12,14,25H,13H2,1-3H3. The fourth-order valence-corrected chi connectivity index (χ4v) is 3.41. The molecule has 4 aromatic rings. The average Bonchev–Trinajstić information content (AvgIpc) is 3.10. The molecule has 0 aliphatic carbocycles. The predicted octanol–water partition coefficient (Wildman–Crippen LogP) is 4.32. The van der Waals surface area contributed by atoms with Crippen LogP contribution in [-0.4, -0.2) is 21.8 Å². The van der Waals surface area contributed by atoms with Crippen molar-refractivity contribution < 1.29 is 9.26 Å². The summed E-state index contributed by atoms with van der Waals surface area (Å²) in [5, 5.41) is 7.24. The van der Waals surface area contributed by atoms with Crippen molar-refractivity contribution in [3.8, 4) is 16.9 Å². The number of nitrogens with one attached hydrogen (secondary N) is 1. The quantitative estimate of drug-likeness (QED) is 0.517. The van der Waals surface area contributed by atoms with Crippen LogP contribution in [0.4, 0.5) is 11.4 Å². The summed E-state index contributed by atoms with van der Waals surface area (Å²) in [6.07, 6.45) is 5.10. The zero-order valence-corrected chi connectivity index (χ0v) is 17.0. The lowest BCUT2D eigenvalue weighted by Gasteiger charge is -2.14. The lowest BCUT2D eigenvalue weighted by Crippen LogP contribution is -2.23. The summed E-state index contributed by atoms with van der Waals surface area (Å²) >= 11 is 0. The number of benzene rings is 1. The van der Waals surface area contributed by atoms with Crippen molar-refractivity contribution in [2.45, 2.75) is 20.4 Å². The van der Waals surface area contributed by atoms with Crippen molar-refractivity contribution >= 4 is 11.4 Å². The van der Waals surface area contributed by atoms with Crippen molar-refractivity contribution in [2.24, 2.45) is 0 Å². The van der Waals surface area contributed by atoms with E-state index in [0.29, 0.717) is 29.4 Å². The summed E-state index contributed by atoms with van der Waals surface area (Å²) in [5.74, 6) is 1.30. The molecule has 0 saturated heterocycles. The van der Waals surface area contributed by atoms with Crippen LogP contribution < -0.4 is 15.6 Å². The summed E-state index contributed by atoms with van der Waals surface area (Å²) in [6.45, 7) is 4.19. The first-order chi connectivity index (χ1) is 14.5. The van der Waals surface area contributed by atoms with Crippen LogP contribution in [0.3, 0.4) is 0 Å². The van der Waals surface area contributed by atoms with Gasteiger partial charge in [0, 0.05) is 23.4 Å². The summed E-state index contributed by atoms with van der Waals surface area (Å²) in [4.78, 5) is 17.4. The third-order valence-corrected chi connectivity index (χ3v) is 4.83. The van der Waals surface area contributed by atoms with Crippen LogP contribution in [0.2, 0.25) is 0 Å². The highest BCUT2D eigenvalue weighted by Crippen LogP contribution is 2.29. The second kappa shape index (κ2) is 8.24. The van der Waals surface area contributed by atoms with Gasteiger partial charge >= 0.3 is 0 Å². The van der Waals surface area contributed by atoms with Crippen LogP contribution in [0.1, 0.15) is 17.0 Å². The molecule has 0 radical (unpaired) electrons. The smallest absolute Gasteiger partial charge is 0.274 e. The summed E-state index contributed by atoms with van der Waals surface area (Å²) in [6, 6.07) is 13.5. The van der Waals surface area contributed by atoms with Crippen LogP contribution >= 0.6 is 0 Å². The van der Waals surface area contributed by atoms with E-state index in [0.717, 1.165) is 22.4 Å². The molecular weight excluding hydrogens is 380 g/mol. The summed E-state index contributed by atoms with van der Waals surface area (Å²) in [5.41, 5.74) is 4.48. The molecule has 0 aliphatic heterocycles. The Labute approximate surface area is 174 Å². The first-order valence-corrected chi connectivity index (χ1v) is 9.53. The third kappa shape index (κ3) is 3.96. The number of aryl methyl sites for hydroxylation is 2. The topological polar surface area (TPSA) is 82.2 Å². The minimum Gasteiger partial charge on any atom is -0.495 e. The van der Waals surface area contributed by atoms with E-state index in [2.05, 4.69) is 15.5 Å². The molecule has 0 amide bonds. The second-order valence-electron chi connectivity index (χ2n) is 7.00. The maximum absolute atomic E-state index is 13.2. The Morgan fingerprint density at radius 3 is 2.63 bits per heavy atom. The van der Waals surface area contributed by atoms with E-state index >= 15 is 0 Å².